The predicted molar refractivity (Wildman–Crippen MR) is 59.8 cm³/mol. The van der Waals surface area contributed by atoms with Crippen LogP contribution in [0.5, 0.6) is 5.75 Å². The van der Waals surface area contributed by atoms with E-state index < -0.39 is 35.8 Å². The summed E-state index contributed by atoms with van der Waals surface area (Å²) in [5.41, 5.74) is -2.11. The van der Waals surface area contributed by atoms with E-state index in [1.165, 1.54) is 0 Å². The van der Waals surface area contributed by atoms with Gasteiger partial charge in [0.05, 0.1) is 18.4 Å². The van der Waals surface area contributed by atoms with Gasteiger partial charge in [0.2, 0.25) is 0 Å². The van der Waals surface area contributed by atoms with Crippen LogP contribution in [0, 0.1) is 0 Å². The minimum absolute atomic E-state index is 0.0387. The van der Waals surface area contributed by atoms with Crippen LogP contribution in [0.2, 0.25) is 0 Å². The molecule has 0 amide bonds. The van der Waals surface area contributed by atoms with Gasteiger partial charge in [0.1, 0.15) is 0 Å². The lowest BCUT2D eigenvalue weighted by molar-refractivity contribution is -0.275. The maximum Gasteiger partial charge on any atom is 0.573 e. The minimum atomic E-state index is -5.25. The molecule has 0 atom stereocenters. The highest BCUT2D eigenvalue weighted by Gasteiger charge is 2.37. The van der Waals surface area contributed by atoms with E-state index in [-0.39, 0.29) is 11.0 Å². The SMILES string of the molecule is COC(=O)c1nc(CBr)cc(C(F)F)c1OC(F)(F)F. The standard InChI is InChI=1S/C10H7BrF5NO3/c1-19-9(18)6-7(20-10(14,15)16)5(8(12)13)2-4(3-11)17-6/h2,8H,3H2,1H3. The zero-order valence-corrected chi connectivity index (χ0v) is 11.4. The maximum atomic E-state index is 12.8. The Morgan fingerprint density at radius 1 is 1.45 bits per heavy atom. The van der Waals surface area contributed by atoms with Gasteiger partial charge in [-0.1, -0.05) is 15.9 Å². The fourth-order valence-corrected chi connectivity index (χ4v) is 1.58. The third kappa shape index (κ3) is 4.02. The highest BCUT2D eigenvalue weighted by Crippen LogP contribution is 2.36. The molecule has 0 fully saturated rings. The maximum absolute atomic E-state index is 12.8. The number of aromatic nitrogens is 1. The normalized spacial score (nSPS) is 11.6. The van der Waals surface area contributed by atoms with Gasteiger partial charge in [-0.25, -0.2) is 18.6 Å². The molecular weight excluding hydrogens is 357 g/mol. The van der Waals surface area contributed by atoms with E-state index in [2.05, 4.69) is 30.4 Å². The van der Waals surface area contributed by atoms with E-state index in [1.54, 1.807) is 0 Å². The second-order valence-corrected chi connectivity index (χ2v) is 3.91. The Morgan fingerprint density at radius 3 is 2.45 bits per heavy atom. The summed E-state index contributed by atoms with van der Waals surface area (Å²) in [4.78, 5) is 14.9. The van der Waals surface area contributed by atoms with Crippen LogP contribution in [0.1, 0.15) is 28.2 Å². The van der Waals surface area contributed by atoms with Crippen molar-refractivity contribution in [1.82, 2.24) is 4.98 Å². The van der Waals surface area contributed by atoms with Gasteiger partial charge in [-0.05, 0) is 6.07 Å². The first-order valence-electron chi connectivity index (χ1n) is 4.91. The molecule has 0 radical (unpaired) electrons. The van der Waals surface area contributed by atoms with Gasteiger partial charge in [0.25, 0.3) is 6.43 Å². The molecule has 0 aromatic carbocycles. The Hall–Kier alpha value is -1.45. The molecule has 1 heterocycles. The number of ether oxygens (including phenoxy) is 2. The number of hydrogen-bond donors (Lipinski definition) is 0. The monoisotopic (exact) mass is 363 g/mol. The van der Waals surface area contributed by atoms with Crippen molar-refractivity contribution in [3.05, 3.63) is 23.0 Å². The van der Waals surface area contributed by atoms with E-state index in [4.69, 9.17) is 0 Å². The minimum Gasteiger partial charge on any atom is -0.464 e. The van der Waals surface area contributed by atoms with E-state index in [1.807, 2.05) is 0 Å². The van der Waals surface area contributed by atoms with Crippen LogP contribution >= 0.6 is 15.9 Å². The van der Waals surface area contributed by atoms with Crippen molar-refractivity contribution < 1.29 is 36.2 Å². The molecule has 0 aliphatic heterocycles. The smallest absolute Gasteiger partial charge is 0.464 e. The third-order valence-corrected chi connectivity index (χ3v) is 2.60. The molecule has 10 heteroatoms. The number of nitrogens with zero attached hydrogens (tertiary/aromatic N) is 1. The van der Waals surface area contributed by atoms with Crippen molar-refractivity contribution in [2.24, 2.45) is 0 Å². The summed E-state index contributed by atoms with van der Waals surface area (Å²) >= 11 is 2.91. The van der Waals surface area contributed by atoms with Crippen LogP contribution in [0.25, 0.3) is 0 Å². The molecule has 0 spiro atoms. The highest BCUT2D eigenvalue weighted by molar-refractivity contribution is 9.08. The van der Waals surface area contributed by atoms with Crippen LogP contribution in [0.4, 0.5) is 22.0 Å². The Bertz CT molecular complexity index is 506. The zero-order chi connectivity index (χ0) is 15.5. The highest BCUT2D eigenvalue weighted by atomic mass is 79.9. The van der Waals surface area contributed by atoms with Gasteiger partial charge in [-0.2, -0.15) is 0 Å². The van der Waals surface area contributed by atoms with Crippen molar-refractivity contribution in [2.45, 2.75) is 18.1 Å². The van der Waals surface area contributed by atoms with Crippen molar-refractivity contribution in [1.29, 1.82) is 0 Å². The Labute approximate surface area is 118 Å². The van der Waals surface area contributed by atoms with Crippen LogP contribution in [-0.4, -0.2) is 24.4 Å². The van der Waals surface area contributed by atoms with E-state index >= 15 is 0 Å². The number of rotatable bonds is 4. The summed E-state index contributed by atoms with van der Waals surface area (Å²) in [7, 11) is 0.879. The molecular formula is C10H7BrF5NO3. The number of alkyl halides is 6. The molecule has 0 bridgehead atoms. The molecule has 0 N–H and O–H groups in total. The molecule has 1 aromatic rings. The Kier molecular flexibility index (Phi) is 5.26. The number of methoxy groups -OCH3 is 1. The van der Waals surface area contributed by atoms with Crippen LogP contribution in [0.3, 0.4) is 0 Å². The lowest BCUT2D eigenvalue weighted by Gasteiger charge is -2.16. The molecule has 112 valence electrons. The van der Waals surface area contributed by atoms with Crippen molar-refractivity contribution in [2.75, 3.05) is 7.11 Å². The Balaban J connectivity index is 3.51. The molecule has 0 unspecified atom stereocenters. The fraction of sp³-hybridized carbons (Fsp3) is 0.400. The topological polar surface area (TPSA) is 48.4 Å². The predicted octanol–water partition coefficient (Wildman–Crippen LogP) is 3.60. The molecule has 0 aliphatic rings. The van der Waals surface area contributed by atoms with Crippen molar-refractivity contribution >= 4 is 21.9 Å². The molecule has 0 saturated carbocycles. The zero-order valence-electron chi connectivity index (χ0n) is 9.80. The van der Waals surface area contributed by atoms with Gasteiger partial charge in [-0.3, -0.25) is 0 Å². The van der Waals surface area contributed by atoms with Crippen molar-refractivity contribution in [3.8, 4) is 5.75 Å². The number of halogens is 6. The van der Waals surface area contributed by atoms with Gasteiger partial charge in [0.15, 0.2) is 11.4 Å². The lowest BCUT2D eigenvalue weighted by atomic mass is 10.1. The van der Waals surface area contributed by atoms with Gasteiger partial charge >= 0.3 is 12.3 Å². The first-order chi connectivity index (χ1) is 9.19. The van der Waals surface area contributed by atoms with Gasteiger partial charge in [0, 0.05) is 5.33 Å². The first-order valence-corrected chi connectivity index (χ1v) is 6.03. The summed E-state index contributed by atoms with van der Waals surface area (Å²) < 4.78 is 70.1. The summed E-state index contributed by atoms with van der Waals surface area (Å²) in [6.45, 7) is 0. The number of carbonyl (C=O) groups excluding carboxylic acids is 1. The third-order valence-electron chi connectivity index (χ3n) is 2.02. The van der Waals surface area contributed by atoms with Gasteiger partial charge in [-0.15, -0.1) is 13.2 Å². The van der Waals surface area contributed by atoms with Crippen LogP contribution in [-0.2, 0) is 10.1 Å². The number of esters is 1. The van der Waals surface area contributed by atoms with Gasteiger partial charge < -0.3 is 9.47 Å². The van der Waals surface area contributed by atoms with E-state index in [0.717, 1.165) is 7.11 Å². The number of pyridine rings is 1. The first kappa shape index (κ1) is 16.6. The quantitative estimate of drug-likeness (QED) is 0.466. The second-order valence-electron chi connectivity index (χ2n) is 3.35. The molecule has 20 heavy (non-hydrogen) atoms. The molecule has 0 saturated heterocycles. The molecule has 1 aromatic heterocycles. The summed E-state index contributed by atoms with van der Waals surface area (Å²) in [5.74, 6) is -2.67. The van der Waals surface area contributed by atoms with Crippen molar-refractivity contribution in [3.63, 3.8) is 0 Å². The number of carbonyl (C=O) groups is 1. The molecule has 1 rings (SSSR count). The van der Waals surface area contributed by atoms with Crippen LogP contribution in [0.15, 0.2) is 6.07 Å². The Morgan fingerprint density at radius 2 is 2.05 bits per heavy atom. The molecule has 0 aliphatic carbocycles. The fourth-order valence-electron chi connectivity index (χ4n) is 1.30. The average Bonchev–Trinajstić information content (AvgIpc) is 2.35. The largest absolute Gasteiger partial charge is 0.573 e. The summed E-state index contributed by atoms with van der Waals surface area (Å²) in [6, 6.07) is 0.715. The number of hydrogen-bond acceptors (Lipinski definition) is 4. The lowest BCUT2D eigenvalue weighted by Crippen LogP contribution is -2.22. The molecule has 4 nitrogen and oxygen atoms in total. The van der Waals surface area contributed by atoms with Crippen LogP contribution < -0.4 is 4.74 Å². The second kappa shape index (κ2) is 6.33. The van der Waals surface area contributed by atoms with E-state index in [0.29, 0.717) is 6.07 Å². The summed E-state index contributed by atoms with van der Waals surface area (Å²) in [5, 5.41) is -0.0387. The van der Waals surface area contributed by atoms with E-state index in [9.17, 15) is 26.7 Å². The average molecular weight is 364 g/mol. The summed E-state index contributed by atoms with van der Waals surface area (Å²) in [6.07, 6.45) is -8.53.